The zero-order chi connectivity index (χ0) is 22.3. The summed E-state index contributed by atoms with van der Waals surface area (Å²) in [5.74, 6) is -3.16. The number of hydrogen-bond acceptors (Lipinski definition) is 3. The minimum absolute atomic E-state index is 0.0251. The van der Waals surface area contributed by atoms with Crippen molar-refractivity contribution in [3.63, 3.8) is 0 Å². The number of benzene rings is 3. The number of carbonyl (C=O) groups is 2. The Labute approximate surface area is 182 Å². The molecule has 0 fully saturated rings. The molecule has 1 aliphatic rings. The summed E-state index contributed by atoms with van der Waals surface area (Å²) < 4.78 is 28.2. The summed E-state index contributed by atoms with van der Waals surface area (Å²) in [6.07, 6.45) is 0. The number of nitrogens with zero attached hydrogens (tertiary/aromatic N) is 1. The number of carbonyl (C=O) groups excluding carboxylic acids is 2. The van der Waals surface area contributed by atoms with Gasteiger partial charge in [0.1, 0.15) is 17.3 Å². The van der Waals surface area contributed by atoms with Crippen molar-refractivity contribution in [2.24, 2.45) is 0 Å². The SMILES string of the molecule is Cc1ccc(C2=C(Nc3ccc(Cl)cc3C)C(=O)N(c3cc(F)ccc3F)C2=O)cc1. The van der Waals surface area contributed by atoms with Crippen molar-refractivity contribution in [1.82, 2.24) is 0 Å². The van der Waals surface area contributed by atoms with Gasteiger partial charge in [0, 0.05) is 16.8 Å². The van der Waals surface area contributed by atoms with Crippen LogP contribution in [0.25, 0.3) is 5.57 Å². The van der Waals surface area contributed by atoms with Gasteiger partial charge in [-0.05, 0) is 55.3 Å². The van der Waals surface area contributed by atoms with Gasteiger partial charge in [0.15, 0.2) is 0 Å². The van der Waals surface area contributed by atoms with Crippen molar-refractivity contribution in [3.8, 4) is 0 Å². The third kappa shape index (κ3) is 3.82. The lowest BCUT2D eigenvalue weighted by Gasteiger charge is -2.16. The average molecular weight is 439 g/mol. The monoisotopic (exact) mass is 438 g/mol. The number of rotatable bonds is 4. The average Bonchev–Trinajstić information content (AvgIpc) is 2.96. The van der Waals surface area contributed by atoms with Gasteiger partial charge in [-0.1, -0.05) is 41.4 Å². The number of halogens is 3. The van der Waals surface area contributed by atoms with Gasteiger partial charge < -0.3 is 5.32 Å². The van der Waals surface area contributed by atoms with Gasteiger partial charge >= 0.3 is 0 Å². The van der Waals surface area contributed by atoms with Crippen LogP contribution in [-0.2, 0) is 9.59 Å². The summed E-state index contributed by atoms with van der Waals surface area (Å²) in [7, 11) is 0. The Morgan fingerprint density at radius 1 is 0.871 bits per heavy atom. The minimum atomic E-state index is -0.879. The number of aryl methyl sites for hydroxylation is 2. The first-order valence-electron chi connectivity index (χ1n) is 9.44. The molecule has 4 rings (SSSR count). The van der Waals surface area contributed by atoms with Crippen LogP contribution in [0.5, 0.6) is 0 Å². The number of nitrogens with one attached hydrogen (secondary N) is 1. The molecule has 0 radical (unpaired) electrons. The molecule has 0 saturated heterocycles. The van der Waals surface area contributed by atoms with E-state index < -0.39 is 29.1 Å². The van der Waals surface area contributed by atoms with E-state index in [0.717, 1.165) is 29.3 Å². The van der Waals surface area contributed by atoms with Crippen LogP contribution in [0.3, 0.4) is 0 Å². The van der Waals surface area contributed by atoms with Crippen molar-refractivity contribution in [2.75, 3.05) is 10.2 Å². The van der Waals surface area contributed by atoms with E-state index in [4.69, 9.17) is 11.6 Å². The zero-order valence-electron chi connectivity index (χ0n) is 16.7. The third-order valence-electron chi connectivity index (χ3n) is 5.02. The first-order chi connectivity index (χ1) is 14.8. The Morgan fingerprint density at radius 2 is 1.58 bits per heavy atom. The number of imide groups is 1. The molecule has 3 aromatic carbocycles. The van der Waals surface area contributed by atoms with E-state index in [1.54, 1.807) is 49.4 Å². The largest absolute Gasteiger partial charge is 0.350 e. The number of anilines is 2. The highest BCUT2D eigenvalue weighted by atomic mass is 35.5. The summed E-state index contributed by atoms with van der Waals surface area (Å²) >= 11 is 6.01. The molecule has 0 bridgehead atoms. The molecule has 1 heterocycles. The van der Waals surface area contributed by atoms with Gasteiger partial charge in [-0.25, -0.2) is 13.7 Å². The molecule has 4 nitrogen and oxygen atoms in total. The summed E-state index contributed by atoms with van der Waals surface area (Å²) in [6, 6.07) is 14.7. The van der Waals surface area contributed by atoms with Gasteiger partial charge in [-0.15, -0.1) is 0 Å². The maximum atomic E-state index is 14.4. The van der Waals surface area contributed by atoms with Crippen LogP contribution in [0.1, 0.15) is 16.7 Å². The Bertz CT molecular complexity index is 1250. The first kappa shape index (κ1) is 20.8. The van der Waals surface area contributed by atoms with Gasteiger partial charge in [0.2, 0.25) is 0 Å². The smallest absolute Gasteiger partial charge is 0.282 e. The van der Waals surface area contributed by atoms with Crippen LogP contribution in [0, 0.1) is 25.5 Å². The molecular weight excluding hydrogens is 422 g/mol. The van der Waals surface area contributed by atoms with Crippen LogP contribution in [-0.4, -0.2) is 11.8 Å². The molecule has 2 amide bonds. The van der Waals surface area contributed by atoms with E-state index in [9.17, 15) is 18.4 Å². The maximum absolute atomic E-state index is 14.4. The van der Waals surface area contributed by atoms with Crippen LogP contribution >= 0.6 is 11.6 Å². The molecule has 0 spiro atoms. The predicted molar refractivity (Wildman–Crippen MR) is 117 cm³/mol. The Balaban J connectivity index is 1.87. The van der Waals surface area contributed by atoms with E-state index in [-0.39, 0.29) is 11.3 Å². The van der Waals surface area contributed by atoms with E-state index in [1.807, 2.05) is 6.92 Å². The molecule has 1 N–H and O–H groups in total. The van der Waals surface area contributed by atoms with Crippen LogP contribution in [0.4, 0.5) is 20.2 Å². The molecule has 0 unspecified atom stereocenters. The quantitative estimate of drug-likeness (QED) is 0.537. The van der Waals surface area contributed by atoms with Gasteiger partial charge in [-0.2, -0.15) is 0 Å². The highest BCUT2D eigenvalue weighted by Crippen LogP contribution is 2.36. The molecular formula is C24H17ClF2N2O2. The van der Waals surface area contributed by atoms with Crippen molar-refractivity contribution < 1.29 is 18.4 Å². The molecule has 3 aromatic rings. The summed E-state index contributed by atoms with van der Waals surface area (Å²) in [4.78, 5) is 27.2. The van der Waals surface area contributed by atoms with Crippen molar-refractivity contribution in [2.45, 2.75) is 13.8 Å². The molecule has 1 aliphatic heterocycles. The minimum Gasteiger partial charge on any atom is -0.350 e. The van der Waals surface area contributed by atoms with E-state index in [0.29, 0.717) is 21.2 Å². The second-order valence-electron chi connectivity index (χ2n) is 7.24. The van der Waals surface area contributed by atoms with Crippen molar-refractivity contribution in [3.05, 3.63) is 99.7 Å². The van der Waals surface area contributed by atoms with Crippen LogP contribution < -0.4 is 10.2 Å². The number of amides is 2. The Morgan fingerprint density at radius 3 is 2.26 bits per heavy atom. The Hall–Kier alpha value is -3.51. The highest BCUT2D eigenvalue weighted by molar-refractivity contribution is 6.46. The fourth-order valence-corrected chi connectivity index (χ4v) is 3.64. The predicted octanol–water partition coefficient (Wildman–Crippen LogP) is 5.63. The Kier molecular flexibility index (Phi) is 5.33. The summed E-state index contributed by atoms with van der Waals surface area (Å²) in [6.45, 7) is 3.69. The van der Waals surface area contributed by atoms with Gasteiger partial charge in [0.25, 0.3) is 11.8 Å². The van der Waals surface area contributed by atoms with E-state index in [1.165, 1.54) is 0 Å². The molecule has 0 aliphatic carbocycles. The summed E-state index contributed by atoms with van der Waals surface area (Å²) in [5, 5.41) is 3.53. The molecule has 0 saturated carbocycles. The third-order valence-corrected chi connectivity index (χ3v) is 5.26. The number of hydrogen-bond donors (Lipinski definition) is 1. The molecule has 31 heavy (non-hydrogen) atoms. The molecule has 156 valence electrons. The maximum Gasteiger partial charge on any atom is 0.282 e. The molecule has 0 aromatic heterocycles. The van der Waals surface area contributed by atoms with Gasteiger partial charge in [0.05, 0.1) is 11.3 Å². The van der Waals surface area contributed by atoms with Crippen molar-refractivity contribution >= 4 is 40.4 Å². The summed E-state index contributed by atoms with van der Waals surface area (Å²) in [5.41, 5.74) is 2.37. The topological polar surface area (TPSA) is 49.4 Å². The second-order valence-corrected chi connectivity index (χ2v) is 7.68. The second kappa shape index (κ2) is 7.96. The lowest BCUT2D eigenvalue weighted by Crippen LogP contribution is -2.33. The van der Waals surface area contributed by atoms with Crippen LogP contribution in [0.2, 0.25) is 5.02 Å². The first-order valence-corrected chi connectivity index (χ1v) is 9.82. The molecule has 7 heteroatoms. The highest BCUT2D eigenvalue weighted by Gasteiger charge is 2.41. The van der Waals surface area contributed by atoms with Gasteiger partial charge in [-0.3, -0.25) is 9.59 Å². The normalized spacial score (nSPS) is 13.9. The fraction of sp³-hybridized carbons (Fsp3) is 0.0833. The van der Waals surface area contributed by atoms with E-state index in [2.05, 4.69) is 5.32 Å². The van der Waals surface area contributed by atoms with E-state index >= 15 is 0 Å². The lowest BCUT2D eigenvalue weighted by atomic mass is 10.0. The molecule has 0 atom stereocenters. The zero-order valence-corrected chi connectivity index (χ0v) is 17.4. The lowest BCUT2D eigenvalue weighted by molar-refractivity contribution is -0.120. The van der Waals surface area contributed by atoms with Crippen LogP contribution in [0.15, 0.2) is 66.4 Å². The fourth-order valence-electron chi connectivity index (χ4n) is 3.41. The standard InChI is InChI=1S/C24H17ClF2N2O2/c1-13-3-5-15(6-4-13)21-22(28-19-10-7-16(25)11-14(19)2)24(31)29(23(21)30)20-12-17(26)8-9-18(20)27/h3-12,28H,1-2H3. The van der Waals surface area contributed by atoms with Crippen molar-refractivity contribution in [1.29, 1.82) is 0 Å².